The van der Waals surface area contributed by atoms with Gasteiger partial charge >= 0.3 is 0 Å². The fourth-order valence-electron chi connectivity index (χ4n) is 2.49. The van der Waals surface area contributed by atoms with Crippen LogP contribution in [0.15, 0.2) is 72.8 Å². The number of anilines is 1. The molecule has 3 aromatic carbocycles. The van der Waals surface area contributed by atoms with Crippen molar-refractivity contribution in [1.82, 2.24) is 0 Å². The molecule has 0 unspecified atom stereocenters. The van der Waals surface area contributed by atoms with E-state index in [2.05, 4.69) is 5.32 Å². The lowest BCUT2D eigenvalue weighted by molar-refractivity contribution is -0.118. The van der Waals surface area contributed by atoms with Crippen LogP contribution >= 0.6 is 0 Å². The van der Waals surface area contributed by atoms with Crippen LogP contribution < -0.4 is 20.5 Å². The number of rotatable bonds is 7. The minimum atomic E-state index is -0.611. The highest BCUT2D eigenvalue weighted by atomic mass is 16.5. The summed E-state index contributed by atoms with van der Waals surface area (Å²) >= 11 is 0. The normalized spacial score (nSPS) is 10.2. The predicted octanol–water partition coefficient (Wildman–Crippen LogP) is 3.90. The number of benzene rings is 3. The molecule has 6 nitrogen and oxygen atoms in total. The molecule has 2 amide bonds. The summed E-state index contributed by atoms with van der Waals surface area (Å²) < 4.78 is 11.2. The van der Waals surface area contributed by atoms with Gasteiger partial charge in [-0.2, -0.15) is 0 Å². The second kappa shape index (κ2) is 8.73. The molecule has 0 heterocycles. The van der Waals surface area contributed by atoms with Gasteiger partial charge in [0.15, 0.2) is 6.61 Å². The van der Waals surface area contributed by atoms with Gasteiger partial charge in [-0.1, -0.05) is 29.8 Å². The van der Waals surface area contributed by atoms with Crippen LogP contribution in [0, 0.1) is 6.92 Å². The third-order valence-corrected chi connectivity index (χ3v) is 3.91. The van der Waals surface area contributed by atoms with Gasteiger partial charge < -0.3 is 20.5 Å². The number of ether oxygens (including phenoxy) is 2. The standard InChI is InChI=1S/C22H20N2O4/c1-15-6-10-17(11-7-15)28-18-12-8-16(9-13-18)24-21(25)14-27-20-5-3-2-4-19(20)22(23)26/h2-13H,14H2,1H3,(H2,23,26)(H,24,25). The molecule has 142 valence electrons. The Morgan fingerprint density at radius 2 is 1.50 bits per heavy atom. The number of amides is 2. The molecule has 0 atom stereocenters. The van der Waals surface area contributed by atoms with Crippen LogP contribution in [0.5, 0.6) is 17.2 Å². The first kappa shape index (κ1) is 19.0. The fourth-order valence-corrected chi connectivity index (χ4v) is 2.49. The highest BCUT2D eigenvalue weighted by Crippen LogP contribution is 2.23. The molecule has 6 heteroatoms. The summed E-state index contributed by atoms with van der Waals surface area (Å²) in [4.78, 5) is 23.5. The maximum absolute atomic E-state index is 12.1. The van der Waals surface area contributed by atoms with E-state index in [0.29, 0.717) is 11.4 Å². The summed E-state index contributed by atoms with van der Waals surface area (Å²) in [6.07, 6.45) is 0. The first-order chi connectivity index (χ1) is 13.5. The second-order valence-electron chi connectivity index (χ2n) is 6.14. The van der Waals surface area contributed by atoms with Crippen LogP contribution in [0.25, 0.3) is 0 Å². The molecule has 28 heavy (non-hydrogen) atoms. The lowest BCUT2D eigenvalue weighted by Gasteiger charge is -2.10. The third-order valence-electron chi connectivity index (χ3n) is 3.91. The van der Waals surface area contributed by atoms with Crippen molar-refractivity contribution >= 4 is 17.5 Å². The monoisotopic (exact) mass is 376 g/mol. The lowest BCUT2D eigenvalue weighted by atomic mass is 10.2. The van der Waals surface area contributed by atoms with E-state index in [1.165, 1.54) is 0 Å². The van der Waals surface area contributed by atoms with E-state index in [9.17, 15) is 9.59 Å². The summed E-state index contributed by atoms with van der Waals surface area (Å²) in [6.45, 7) is 1.77. The minimum Gasteiger partial charge on any atom is -0.483 e. The van der Waals surface area contributed by atoms with Crippen molar-refractivity contribution in [3.8, 4) is 17.2 Å². The van der Waals surface area contributed by atoms with E-state index in [1.807, 2.05) is 31.2 Å². The molecule has 0 radical (unpaired) electrons. The number of carbonyl (C=O) groups is 2. The first-order valence-electron chi connectivity index (χ1n) is 8.67. The summed E-state index contributed by atoms with van der Waals surface area (Å²) in [6, 6.07) is 21.2. The molecule has 0 aliphatic heterocycles. The van der Waals surface area contributed by atoms with E-state index in [4.69, 9.17) is 15.2 Å². The maximum Gasteiger partial charge on any atom is 0.262 e. The van der Waals surface area contributed by atoms with Crippen molar-refractivity contribution in [3.63, 3.8) is 0 Å². The van der Waals surface area contributed by atoms with Crippen molar-refractivity contribution in [2.24, 2.45) is 5.73 Å². The number of nitrogens with one attached hydrogen (secondary N) is 1. The minimum absolute atomic E-state index is 0.230. The SMILES string of the molecule is Cc1ccc(Oc2ccc(NC(=O)COc3ccccc3C(N)=O)cc2)cc1. The maximum atomic E-state index is 12.1. The molecule has 3 rings (SSSR count). The Kier molecular flexibility index (Phi) is 5.91. The number of carbonyl (C=O) groups excluding carboxylic acids is 2. The Balaban J connectivity index is 1.54. The fraction of sp³-hybridized carbons (Fsp3) is 0.0909. The van der Waals surface area contributed by atoms with Crippen molar-refractivity contribution < 1.29 is 19.1 Å². The van der Waals surface area contributed by atoms with Crippen LogP contribution in [0.3, 0.4) is 0 Å². The Bertz CT molecular complexity index is 967. The summed E-state index contributed by atoms with van der Waals surface area (Å²) in [7, 11) is 0. The van der Waals surface area contributed by atoms with Crippen LogP contribution in [0.4, 0.5) is 5.69 Å². The molecule has 0 bridgehead atoms. The van der Waals surface area contributed by atoms with Crippen LogP contribution in [0.2, 0.25) is 0 Å². The average molecular weight is 376 g/mol. The van der Waals surface area contributed by atoms with Gasteiger partial charge in [-0.3, -0.25) is 9.59 Å². The molecule has 3 aromatic rings. The summed E-state index contributed by atoms with van der Waals surface area (Å²) in [5, 5.41) is 2.72. The van der Waals surface area contributed by atoms with Crippen molar-refractivity contribution in [1.29, 1.82) is 0 Å². The number of hydrogen-bond donors (Lipinski definition) is 2. The molecule has 0 saturated carbocycles. The predicted molar refractivity (Wildman–Crippen MR) is 107 cm³/mol. The van der Waals surface area contributed by atoms with Gasteiger partial charge in [-0.25, -0.2) is 0 Å². The molecule has 0 aliphatic rings. The Labute approximate surface area is 162 Å². The first-order valence-corrected chi connectivity index (χ1v) is 8.67. The van der Waals surface area contributed by atoms with Gasteiger partial charge in [0.25, 0.3) is 11.8 Å². The highest BCUT2D eigenvalue weighted by molar-refractivity contribution is 5.96. The largest absolute Gasteiger partial charge is 0.483 e. The van der Waals surface area contributed by atoms with Gasteiger partial charge in [0.1, 0.15) is 17.2 Å². The van der Waals surface area contributed by atoms with Crippen LogP contribution in [-0.2, 0) is 4.79 Å². The molecule has 0 aliphatic carbocycles. The van der Waals surface area contributed by atoms with Gasteiger partial charge in [0.05, 0.1) is 5.56 Å². The number of aryl methyl sites for hydroxylation is 1. The molecular formula is C22H20N2O4. The number of para-hydroxylation sites is 1. The van der Waals surface area contributed by atoms with Gasteiger partial charge in [-0.05, 0) is 55.5 Å². The van der Waals surface area contributed by atoms with E-state index < -0.39 is 5.91 Å². The van der Waals surface area contributed by atoms with Gasteiger partial charge in [0, 0.05) is 5.69 Å². The van der Waals surface area contributed by atoms with Crippen molar-refractivity contribution in [2.75, 3.05) is 11.9 Å². The number of nitrogens with two attached hydrogens (primary N) is 1. The smallest absolute Gasteiger partial charge is 0.262 e. The third kappa shape index (κ3) is 5.11. The van der Waals surface area contributed by atoms with Crippen LogP contribution in [-0.4, -0.2) is 18.4 Å². The average Bonchev–Trinajstić information content (AvgIpc) is 2.70. The Morgan fingerprint density at radius 3 is 2.14 bits per heavy atom. The van der Waals surface area contributed by atoms with Gasteiger partial charge in [-0.15, -0.1) is 0 Å². The number of primary amides is 1. The lowest BCUT2D eigenvalue weighted by Crippen LogP contribution is -2.21. The molecule has 0 saturated heterocycles. The molecule has 0 aromatic heterocycles. The zero-order valence-electron chi connectivity index (χ0n) is 15.3. The van der Waals surface area contributed by atoms with E-state index >= 15 is 0 Å². The summed E-state index contributed by atoms with van der Waals surface area (Å²) in [5.74, 6) is 0.705. The zero-order chi connectivity index (χ0) is 19.9. The zero-order valence-corrected chi connectivity index (χ0v) is 15.3. The Morgan fingerprint density at radius 1 is 0.893 bits per heavy atom. The van der Waals surface area contributed by atoms with Crippen LogP contribution in [0.1, 0.15) is 15.9 Å². The molecule has 0 spiro atoms. The molecular weight excluding hydrogens is 356 g/mol. The molecule has 3 N–H and O–H groups in total. The Hall–Kier alpha value is -3.80. The van der Waals surface area contributed by atoms with Crippen molar-refractivity contribution in [3.05, 3.63) is 83.9 Å². The topological polar surface area (TPSA) is 90.7 Å². The van der Waals surface area contributed by atoms with Crippen molar-refractivity contribution in [2.45, 2.75) is 6.92 Å². The van der Waals surface area contributed by atoms with Gasteiger partial charge in [0.2, 0.25) is 0 Å². The molecule has 0 fully saturated rings. The van der Waals surface area contributed by atoms with E-state index in [-0.39, 0.29) is 23.8 Å². The number of hydrogen-bond acceptors (Lipinski definition) is 4. The summed E-state index contributed by atoms with van der Waals surface area (Å²) in [5.41, 5.74) is 7.28. The van der Waals surface area contributed by atoms with E-state index in [0.717, 1.165) is 11.3 Å². The highest BCUT2D eigenvalue weighted by Gasteiger charge is 2.10. The van der Waals surface area contributed by atoms with E-state index in [1.54, 1.807) is 48.5 Å². The quantitative estimate of drug-likeness (QED) is 0.654. The second-order valence-corrected chi connectivity index (χ2v) is 6.14.